The first-order valence-electron chi connectivity index (χ1n) is 10.7. The first kappa shape index (κ1) is 22.6. The van der Waals surface area contributed by atoms with Crippen molar-refractivity contribution in [2.45, 2.75) is 25.3 Å². The summed E-state index contributed by atoms with van der Waals surface area (Å²) in [6, 6.07) is 12.6. The average molecular weight is 425 g/mol. The fraction of sp³-hybridized carbons (Fsp3) is 0.391. The molecular formula is C23H30N5O3+. The molecule has 1 aliphatic heterocycles. The number of nitrogens with zero attached hydrogens (tertiary/aromatic N) is 2. The summed E-state index contributed by atoms with van der Waals surface area (Å²) >= 11 is 0. The van der Waals surface area contributed by atoms with Gasteiger partial charge in [0.05, 0.1) is 19.4 Å². The third kappa shape index (κ3) is 7.58. The molecule has 1 unspecified atom stereocenters. The molecule has 2 heterocycles. The number of hydrazone groups is 1. The molecule has 1 atom stereocenters. The number of nitrogens with one attached hydrogen (secondary N) is 3. The molecule has 1 aromatic carbocycles. The number of rotatable bonds is 10. The topological polar surface area (TPSA) is 97.1 Å². The van der Waals surface area contributed by atoms with Crippen molar-refractivity contribution >= 4 is 18.0 Å². The van der Waals surface area contributed by atoms with Crippen molar-refractivity contribution < 1.29 is 19.2 Å². The van der Waals surface area contributed by atoms with Crippen LogP contribution < -0.4 is 15.6 Å². The molecule has 2 amide bonds. The molecule has 1 saturated heterocycles. The minimum atomic E-state index is -0.191. The molecule has 3 N–H and O–H groups in total. The van der Waals surface area contributed by atoms with Gasteiger partial charge in [-0.1, -0.05) is 18.2 Å². The number of hydrogen-bond acceptors (Lipinski definition) is 5. The van der Waals surface area contributed by atoms with E-state index in [4.69, 9.17) is 4.74 Å². The van der Waals surface area contributed by atoms with Crippen LogP contribution in [-0.4, -0.2) is 61.9 Å². The lowest BCUT2D eigenvalue weighted by Crippen LogP contribution is -3.18. The number of ether oxygens (including phenoxy) is 1. The normalized spacial score (nSPS) is 15.5. The molecule has 1 aromatic heterocycles. The van der Waals surface area contributed by atoms with E-state index in [0.717, 1.165) is 37.9 Å². The van der Waals surface area contributed by atoms with E-state index in [1.54, 1.807) is 30.7 Å². The summed E-state index contributed by atoms with van der Waals surface area (Å²) in [6.07, 6.45) is 7.36. The third-order valence-corrected chi connectivity index (χ3v) is 5.28. The van der Waals surface area contributed by atoms with E-state index < -0.39 is 0 Å². The van der Waals surface area contributed by atoms with Crippen LogP contribution in [0.15, 0.2) is 60.0 Å². The van der Waals surface area contributed by atoms with Crippen molar-refractivity contribution in [3.05, 3.63) is 66.0 Å². The second-order valence-electron chi connectivity index (χ2n) is 7.46. The van der Waals surface area contributed by atoms with Gasteiger partial charge in [-0.2, -0.15) is 5.10 Å². The molecule has 1 aliphatic rings. The number of hydrogen-bond donors (Lipinski definition) is 3. The van der Waals surface area contributed by atoms with Crippen molar-refractivity contribution in [3.8, 4) is 0 Å². The van der Waals surface area contributed by atoms with Gasteiger partial charge in [0.15, 0.2) is 6.04 Å². The second kappa shape index (κ2) is 12.6. The quantitative estimate of drug-likeness (QED) is 0.293. The molecule has 0 bridgehead atoms. The molecule has 164 valence electrons. The van der Waals surface area contributed by atoms with Gasteiger partial charge in [-0.25, -0.2) is 5.43 Å². The Bertz CT molecular complexity index is 839. The Balaban J connectivity index is 1.46. The summed E-state index contributed by atoms with van der Waals surface area (Å²) in [5.74, 6) is -0.158. The summed E-state index contributed by atoms with van der Waals surface area (Å²) in [5.41, 5.74) is 4.22. The SMILES string of the molecule is O=C(NCCCCC(C(=O)NN=Cc1ccncc1)[NH+]1CCOCC1)c1ccccc1. The lowest BCUT2D eigenvalue weighted by Gasteiger charge is -2.30. The van der Waals surface area contributed by atoms with Crippen molar-refractivity contribution in [1.82, 2.24) is 15.7 Å². The van der Waals surface area contributed by atoms with Gasteiger partial charge in [-0.05, 0) is 42.7 Å². The Morgan fingerprint density at radius 2 is 1.84 bits per heavy atom. The van der Waals surface area contributed by atoms with E-state index in [0.29, 0.717) is 25.3 Å². The summed E-state index contributed by atoms with van der Waals surface area (Å²) in [6.45, 7) is 3.51. The van der Waals surface area contributed by atoms with Crippen LogP contribution in [0.25, 0.3) is 0 Å². The van der Waals surface area contributed by atoms with Crippen molar-refractivity contribution in [3.63, 3.8) is 0 Å². The highest BCUT2D eigenvalue weighted by molar-refractivity contribution is 5.94. The predicted molar refractivity (Wildman–Crippen MR) is 118 cm³/mol. The number of amides is 2. The Labute approximate surface area is 182 Å². The fourth-order valence-electron chi connectivity index (χ4n) is 3.57. The monoisotopic (exact) mass is 424 g/mol. The van der Waals surface area contributed by atoms with E-state index in [2.05, 4.69) is 20.8 Å². The van der Waals surface area contributed by atoms with Crippen molar-refractivity contribution in [2.24, 2.45) is 5.10 Å². The van der Waals surface area contributed by atoms with E-state index in [1.165, 1.54) is 4.90 Å². The Kier molecular flexibility index (Phi) is 9.15. The van der Waals surface area contributed by atoms with Gasteiger partial charge in [0, 0.05) is 30.9 Å². The maximum atomic E-state index is 12.8. The molecule has 1 fully saturated rings. The molecular weight excluding hydrogens is 394 g/mol. The zero-order valence-corrected chi connectivity index (χ0v) is 17.6. The summed E-state index contributed by atoms with van der Waals surface area (Å²) < 4.78 is 5.44. The largest absolute Gasteiger partial charge is 0.370 e. The highest BCUT2D eigenvalue weighted by Gasteiger charge is 2.30. The van der Waals surface area contributed by atoms with Crippen LogP contribution in [0, 0.1) is 0 Å². The number of pyridine rings is 1. The maximum absolute atomic E-state index is 12.8. The highest BCUT2D eigenvalue weighted by Crippen LogP contribution is 2.02. The minimum Gasteiger partial charge on any atom is -0.370 e. The first-order chi connectivity index (χ1) is 15.2. The number of morpholine rings is 1. The smallest absolute Gasteiger partial charge is 0.298 e. The van der Waals surface area contributed by atoms with E-state index in [1.807, 2.05) is 30.3 Å². The van der Waals surface area contributed by atoms with Crippen LogP contribution in [0.5, 0.6) is 0 Å². The zero-order valence-electron chi connectivity index (χ0n) is 17.6. The third-order valence-electron chi connectivity index (χ3n) is 5.28. The molecule has 8 heteroatoms. The predicted octanol–water partition coefficient (Wildman–Crippen LogP) is 0.416. The van der Waals surface area contributed by atoms with E-state index in [9.17, 15) is 9.59 Å². The number of aromatic nitrogens is 1. The number of carbonyl (C=O) groups is 2. The number of quaternary nitrogens is 1. The molecule has 31 heavy (non-hydrogen) atoms. The van der Waals surface area contributed by atoms with E-state index >= 15 is 0 Å². The summed E-state index contributed by atoms with van der Waals surface area (Å²) in [5, 5.41) is 7.04. The Morgan fingerprint density at radius 3 is 2.58 bits per heavy atom. The molecule has 0 aliphatic carbocycles. The Hall–Kier alpha value is -3.10. The number of benzene rings is 1. The number of unbranched alkanes of at least 4 members (excludes halogenated alkanes) is 1. The van der Waals surface area contributed by atoms with Crippen LogP contribution in [0.4, 0.5) is 0 Å². The summed E-state index contributed by atoms with van der Waals surface area (Å²) in [7, 11) is 0. The molecule has 0 radical (unpaired) electrons. The summed E-state index contributed by atoms with van der Waals surface area (Å²) in [4.78, 5) is 30.1. The molecule has 0 spiro atoms. The van der Waals surface area contributed by atoms with Crippen LogP contribution in [0.3, 0.4) is 0 Å². The van der Waals surface area contributed by atoms with Gasteiger partial charge >= 0.3 is 0 Å². The molecule has 0 saturated carbocycles. The van der Waals surface area contributed by atoms with Crippen LogP contribution in [0.1, 0.15) is 35.2 Å². The van der Waals surface area contributed by atoms with Crippen LogP contribution >= 0.6 is 0 Å². The lowest BCUT2D eigenvalue weighted by atomic mass is 10.1. The lowest BCUT2D eigenvalue weighted by molar-refractivity contribution is -0.924. The minimum absolute atomic E-state index is 0.0702. The van der Waals surface area contributed by atoms with Gasteiger partial charge in [-0.3, -0.25) is 14.6 Å². The van der Waals surface area contributed by atoms with Crippen molar-refractivity contribution in [1.29, 1.82) is 0 Å². The average Bonchev–Trinajstić information content (AvgIpc) is 2.83. The van der Waals surface area contributed by atoms with Crippen LogP contribution in [-0.2, 0) is 9.53 Å². The maximum Gasteiger partial charge on any atom is 0.298 e. The standard InChI is InChI=1S/C23H29N5O3/c29-22(20-6-2-1-3-7-20)25-11-5-4-8-21(28-14-16-31-17-15-28)23(30)27-26-18-19-9-12-24-13-10-19/h1-3,6-7,9-10,12-13,18,21H,4-5,8,11,14-17H2,(H,25,29)(H,27,30)/p+1. The first-order valence-corrected chi connectivity index (χ1v) is 10.7. The number of carbonyl (C=O) groups excluding carboxylic acids is 2. The van der Waals surface area contributed by atoms with Crippen molar-refractivity contribution in [2.75, 3.05) is 32.8 Å². The van der Waals surface area contributed by atoms with Crippen LogP contribution in [0.2, 0.25) is 0 Å². The molecule has 2 aromatic rings. The zero-order chi connectivity index (χ0) is 21.7. The molecule has 8 nitrogen and oxygen atoms in total. The van der Waals surface area contributed by atoms with Gasteiger partial charge in [0.2, 0.25) is 0 Å². The van der Waals surface area contributed by atoms with Gasteiger partial charge < -0.3 is 15.0 Å². The molecule has 3 rings (SSSR count). The van der Waals surface area contributed by atoms with Gasteiger partial charge in [0.1, 0.15) is 13.1 Å². The van der Waals surface area contributed by atoms with Gasteiger partial charge in [-0.15, -0.1) is 0 Å². The fourth-order valence-corrected chi connectivity index (χ4v) is 3.57. The van der Waals surface area contributed by atoms with E-state index in [-0.39, 0.29) is 17.9 Å². The highest BCUT2D eigenvalue weighted by atomic mass is 16.5. The second-order valence-corrected chi connectivity index (χ2v) is 7.46. The Morgan fingerprint density at radius 1 is 1.10 bits per heavy atom. The van der Waals surface area contributed by atoms with Gasteiger partial charge in [0.25, 0.3) is 11.8 Å².